The van der Waals surface area contributed by atoms with E-state index < -0.39 is 5.97 Å². The SMILES string of the molecule is CN.O=C(O)c1cccs1. The van der Waals surface area contributed by atoms with Crippen LogP contribution in [0.5, 0.6) is 0 Å². The van der Waals surface area contributed by atoms with Crippen molar-refractivity contribution in [3.05, 3.63) is 22.4 Å². The van der Waals surface area contributed by atoms with Gasteiger partial charge in [0.05, 0.1) is 0 Å². The number of thiophene rings is 1. The predicted octanol–water partition coefficient (Wildman–Crippen LogP) is 1.02. The molecule has 0 atom stereocenters. The summed E-state index contributed by atoms with van der Waals surface area (Å²) in [6, 6.07) is 3.29. The van der Waals surface area contributed by atoms with Gasteiger partial charge in [0.1, 0.15) is 4.88 Å². The number of carbonyl (C=O) groups is 1. The molecule has 10 heavy (non-hydrogen) atoms. The lowest BCUT2D eigenvalue weighted by atomic mass is 10.5. The Morgan fingerprint density at radius 2 is 2.30 bits per heavy atom. The van der Waals surface area contributed by atoms with Crippen molar-refractivity contribution in [1.29, 1.82) is 0 Å². The second-order valence-corrected chi connectivity index (χ2v) is 2.23. The normalized spacial score (nSPS) is 7.80. The van der Waals surface area contributed by atoms with E-state index in [-0.39, 0.29) is 0 Å². The smallest absolute Gasteiger partial charge is 0.345 e. The fourth-order valence-corrected chi connectivity index (χ4v) is 0.962. The van der Waals surface area contributed by atoms with Gasteiger partial charge in [-0.3, -0.25) is 0 Å². The van der Waals surface area contributed by atoms with Crippen LogP contribution in [-0.4, -0.2) is 18.1 Å². The van der Waals surface area contributed by atoms with Crippen LogP contribution >= 0.6 is 11.3 Å². The van der Waals surface area contributed by atoms with Gasteiger partial charge in [0.15, 0.2) is 0 Å². The zero-order valence-corrected chi connectivity index (χ0v) is 6.39. The molecular formula is C6H9NO2S. The van der Waals surface area contributed by atoms with E-state index in [0.29, 0.717) is 4.88 Å². The van der Waals surface area contributed by atoms with Gasteiger partial charge >= 0.3 is 5.97 Å². The van der Waals surface area contributed by atoms with Crippen molar-refractivity contribution in [1.82, 2.24) is 0 Å². The largest absolute Gasteiger partial charge is 0.477 e. The first kappa shape index (κ1) is 9.13. The molecule has 0 unspecified atom stereocenters. The quantitative estimate of drug-likeness (QED) is 0.643. The van der Waals surface area contributed by atoms with Crippen molar-refractivity contribution in [2.75, 3.05) is 7.05 Å². The highest BCUT2D eigenvalue weighted by atomic mass is 32.1. The van der Waals surface area contributed by atoms with Crippen molar-refractivity contribution < 1.29 is 9.90 Å². The second-order valence-electron chi connectivity index (χ2n) is 1.28. The molecule has 0 bridgehead atoms. The maximum Gasteiger partial charge on any atom is 0.345 e. The van der Waals surface area contributed by atoms with E-state index in [1.807, 2.05) is 0 Å². The average molecular weight is 159 g/mol. The van der Waals surface area contributed by atoms with Crippen molar-refractivity contribution in [2.24, 2.45) is 5.73 Å². The number of nitrogens with two attached hydrogens (primary N) is 1. The molecule has 0 aliphatic carbocycles. The molecule has 3 nitrogen and oxygen atoms in total. The highest BCUT2D eigenvalue weighted by Crippen LogP contribution is 2.06. The third kappa shape index (κ3) is 2.61. The first-order valence-corrected chi connectivity index (χ1v) is 3.53. The van der Waals surface area contributed by atoms with Gasteiger partial charge in [-0.15, -0.1) is 11.3 Å². The Kier molecular flexibility index (Phi) is 4.53. The molecule has 0 amide bonds. The molecule has 56 valence electrons. The molecule has 0 aromatic carbocycles. The van der Waals surface area contributed by atoms with Gasteiger partial charge < -0.3 is 10.8 Å². The summed E-state index contributed by atoms with van der Waals surface area (Å²) in [6.45, 7) is 0. The van der Waals surface area contributed by atoms with Crippen molar-refractivity contribution in [3.8, 4) is 0 Å². The monoisotopic (exact) mass is 159 g/mol. The van der Waals surface area contributed by atoms with Gasteiger partial charge in [-0.25, -0.2) is 4.79 Å². The minimum Gasteiger partial charge on any atom is -0.477 e. The lowest BCUT2D eigenvalue weighted by Crippen LogP contribution is -1.89. The van der Waals surface area contributed by atoms with Crippen LogP contribution in [0.2, 0.25) is 0 Å². The third-order valence-corrected chi connectivity index (χ3v) is 1.59. The first-order chi connectivity index (χ1) is 4.80. The highest BCUT2D eigenvalue weighted by molar-refractivity contribution is 7.11. The zero-order valence-electron chi connectivity index (χ0n) is 5.57. The molecule has 0 aliphatic rings. The number of carboxylic acids is 1. The summed E-state index contributed by atoms with van der Waals surface area (Å²) < 4.78 is 0. The Hall–Kier alpha value is -0.870. The van der Waals surface area contributed by atoms with Crippen LogP contribution in [0.3, 0.4) is 0 Å². The van der Waals surface area contributed by atoms with Gasteiger partial charge in [0.2, 0.25) is 0 Å². The summed E-state index contributed by atoms with van der Waals surface area (Å²) in [7, 11) is 1.50. The van der Waals surface area contributed by atoms with E-state index in [0.717, 1.165) is 0 Å². The number of hydrogen-bond donors (Lipinski definition) is 2. The Morgan fingerprint density at radius 3 is 2.50 bits per heavy atom. The Bertz CT molecular complexity index is 184. The topological polar surface area (TPSA) is 63.3 Å². The van der Waals surface area contributed by atoms with E-state index in [4.69, 9.17) is 5.11 Å². The molecule has 3 N–H and O–H groups in total. The summed E-state index contributed by atoms with van der Waals surface area (Å²) in [5.41, 5.74) is 4.50. The van der Waals surface area contributed by atoms with Crippen LogP contribution in [0.4, 0.5) is 0 Å². The van der Waals surface area contributed by atoms with Crippen LogP contribution in [0.25, 0.3) is 0 Å². The maximum absolute atomic E-state index is 10.1. The van der Waals surface area contributed by atoms with Gasteiger partial charge in [-0.2, -0.15) is 0 Å². The Labute approximate surface area is 63.1 Å². The van der Waals surface area contributed by atoms with E-state index in [2.05, 4.69) is 5.73 Å². The molecule has 4 heteroatoms. The van der Waals surface area contributed by atoms with Gasteiger partial charge in [0, 0.05) is 0 Å². The second kappa shape index (κ2) is 4.96. The first-order valence-electron chi connectivity index (χ1n) is 2.65. The fraction of sp³-hybridized carbons (Fsp3) is 0.167. The molecule has 0 fully saturated rings. The van der Waals surface area contributed by atoms with Gasteiger partial charge in [0.25, 0.3) is 0 Å². The lowest BCUT2D eigenvalue weighted by molar-refractivity contribution is 0.0702. The van der Waals surface area contributed by atoms with E-state index in [1.165, 1.54) is 18.4 Å². The lowest BCUT2D eigenvalue weighted by Gasteiger charge is -1.78. The van der Waals surface area contributed by atoms with Crippen LogP contribution in [0, 0.1) is 0 Å². The molecular weight excluding hydrogens is 150 g/mol. The van der Waals surface area contributed by atoms with Crippen LogP contribution < -0.4 is 5.73 Å². The van der Waals surface area contributed by atoms with Crippen LogP contribution in [-0.2, 0) is 0 Å². The van der Waals surface area contributed by atoms with E-state index in [9.17, 15) is 4.79 Å². The maximum atomic E-state index is 10.1. The van der Waals surface area contributed by atoms with Crippen LogP contribution in [0.1, 0.15) is 9.67 Å². The molecule has 1 aromatic heterocycles. The van der Waals surface area contributed by atoms with Crippen LogP contribution in [0.15, 0.2) is 17.5 Å². The molecule has 1 rings (SSSR count). The zero-order chi connectivity index (χ0) is 7.98. The summed E-state index contributed by atoms with van der Waals surface area (Å²) in [5.74, 6) is -0.847. The molecule has 0 saturated carbocycles. The van der Waals surface area contributed by atoms with E-state index in [1.54, 1.807) is 17.5 Å². The fourth-order valence-electron chi connectivity index (χ4n) is 0.400. The van der Waals surface area contributed by atoms with Gasteiger partial charge in [-0.05, 0) is 18.5 Å². The highest BCUT2D eigenvalue weighted by Gasteiger charge is 1.99. The molecule has 0 radical (unpaired) electrons. The molecule has 0 saturated heterocycles. The summed E-state index contributed by atoms with van der Waals surface area (Å²) in [5, 5.41) is 10.0. The minimum absolute atomic E-state index is 0.394. The number of carboxylic acid groups (broad SMARTS) is 1. The number of hydrogen-bond acceptors (Lipinski definition) is 3. The van der Waals surface area contributed by atoms with E-state index >= 15 is 0 Å². The number of aromatic carboxylic acids is 1. The molecule has 0 spiro atoms. The van der Waals surface area contributed by atoms with Crippen molar-refractivity contribution in [2.45, 2.75) is 0 Å². The number of rotatable bonds is 1. The van der Waals surface area contributed by atoms with Crippen molar-refractivity contribution in [3.63, 3.8) is 0 Å². The molecule has 0 aliphatic heterocycles. The van der Waals surface area contributed by atoms with Gasteiger partial charge in [-0.1, -0.05) is 6.07 Å². The summed E-state index contributed by atoms with van der Waals surface area (Å²) in [4.78, 5) is 10.5. The minimum atomic E-state index is -0.847. The molecule has 1 aromatic rings. The third-order valence-electron chi connectivity index (χ3n) is 0.732. The molecule has 1 heterocycles. The van der Waals surface area contributed by atoms with Crippen molar-refractivity contribution >= 4 is 17.3 Å². The predicted molar refractivity (Wildman–Crippen MR) is 41.4 cm³/mol. The average Bonchev–Trinajstić information content (AvgIpc) is 2.42. The summed E-state index contributed by atoms with van der Waals surface area (Å²) in [6.07, 6.45) is 0. The standard InChI is InChI=1S/C5H4O2S.CH5N/c6-5(7)4-2-1-3-8-4;1-2/h1-3H,(H,6,7);2H2,1H3. The summed E-state index contributed by atoms with van der Waals surface area (Å²) >= 11 is 1.23. The Morgan fingerprint density at radius 1 is 1.70 bits per heavy atom. The Balaban J connectivity index is 0.000000371.